The first kappa shape index (κ1) is 7.49. The first-order valence-electron chi connectivity index (χ1n) is 3.46. The van der Waals surface area contributed by atoms with E-state index in [9.17, 15) is 0 Å². The van der Waals surface area contributed by atoms with Crippen LogP contribution >= 0.6 is 15.9 Å². The summed E-state index contributed by atoms with van der Waals surface area (Å²) in [6.45, 7) is 0. The van der Waals surface area contributed by atoms with E-state index in [2.05, 4.69) is 25.9 Å². The van der Waals surface area contributed by atoms with Crippen molar-refractivity contribution in [3.8, 4) is 5.69 Å². The smallest absolute Gasteiger partial charge is 0.0992 e. The van der Waals surface area contributed by atoms with Crippen LogP contribution < -0.4 is 0 Å². The highest BCUT2D eigenvalue weighted by molar-refractivity contribution is 9.10. The Kier molecular flexibility index (Phi) is 1.91. The molecule has 2 rings (SSSR count). The summed E-state index contributed by atoms with van der Waals surface area (Å²) in [6.07, 6.45) is 8.87. The lowest BCUT2D eigenvalue weighted by Gasteiger charge is -2.02. The molecule has 3 nitrogen and oxygen atoms in total. The molecule has 0 aliphatic carbocycles. The van der Waals surface area contributed by atoms with Gasteiger partial charge in [-0.1, -0.05) is 0 Å². The van der Waals surface area contributed by atoms with Crippen molar-refractivity contribution in [3.63, 3.8) is 0 Å². The molecule has 4 heteroatoms. The van der Waals surface area contributed by atoms with Gasteiger partial charge in [-0.3, -0.25) is 4.98 Å². The van der Waals surface area contributed by atoms with Gasteiger partial charge in [0.1, 0.15) is 0 Å². The Balaban J connectivity index is 2.55. The molecule has 12 heavy (non-hydrogen) atoms. The van der Waals surface area contributed by atoms with Crippen LogP contribution in [0.4, 0.5) is 0 Å². The highest BCUT2D eigenvalue weighted by atomic mass is 79.9. The third-order valence-corrected chi connectivity index (χ3v) is 2.20. The Bertz CT molecular complexity index is 370. The zero-order chi connectivity index (χ0) is 8.39. The molecule has 0 amide bonds. The summed E-state index contributed by atoms with van der Waals surface area (Å²) < 4.78 is 2.91. The van der Waals surface area contributed by atoms with Gasteiger partial charge in [-0.2, -0.15) is 0 Å². The molecule has 0 saturated carbocycles. The van der Waals surface area contributed by atoms with Gasteiger partial charge in [0.15, 0.2) is 0 Å². The lowest BCUT2D eigenvalue weighted by atomic mass is 10.4. The average molecular weight is 224 g/mol. The van der Waals surface area contributed by atoms with Gasteiger partial charge >= 0.3 is 0 Å². The second kappa shape index (κ2) is 3.06. The molecule has 0 unspecified atom stereocenters. The van der Waals surface area contributed by atoms with E-state index >= 15 is 0 Å². The van der Waals surface area contributed by atoms with Crippen molar-refractivity contribution in [3.05, 3.63) is 41.7 Å². The van der Waals surface area contributed by atoms with E-state index in [4.69, 9.17) is 0 Å². The van der Waals surface area contributed by atoms with E-state index in [0.717, 1.165) is 10.2 Å². The van der Waals surface area contributed by atoms with Crippen LogP contribution in [0.2, 0.25) is 0 Å². The number of hydrogen-bond acceptors (Lipinski definition) is 2. The standard InChI is InChI=1S/C8H6BrN3/c9-7-1-2-10-5-8(7)12-4-3-11-6-12/h1-6H. The molecule has 0 aromatic carbocycles. The molecule has 0 spiro atoms. The molecule has 0 aliphatic heterocycles. The molecule has 2 aromatic heterocycles. The number of hydrogen-bond donors (Lipinski definition) is 0. The Hall–Kier alpha value is -1.16. The van der Waals surface area contributed by atoms with Crippen LogP contribution in [0, 0.1) is 0 Å². The van der Waals surface area contributed by atoms with Crippen LogP contribution in [0.25, 0.3) is 5.69 Å². The number of imidazole rings is 1. The maximum atomic E-state index is 4.02. The normalized spacial score (nSPS) is 10.1. The molecule has 0 saturated heterocycles. The summed E-state index contributed by atoms with van der Waals surface area (Å²) in [6, 6.07) is 1.90. The van der Waals surface area contributed by atoms with Crippen molar-refractivity contribution in [2.45, 2.75) is 0 Å². The first-order valence-corrected chi connectivity index (χ1v) is 4.25. The number of rotatable bonds is 1. The lowest BCUT2D eigenvalue weighted by Crippen LogP contribution is -1.91. The van der Waals surface area contributed by atoms with E-state index in [1.807, 2.05) is 16.8 Å². The molecular formula is C8H6BrN3. The minimum absolute atomic E-state index is 0.995. The fraction of sp³-hybridized carbons (Fsp3) is 0. The van der Waals surface area contributed by atoms with E-state index in [1.165, 1.54) is 0 Å². The Labute approximate surface area is 78.2 Å². The van der Waals surface area contributed by atoms with Crippen LogP contribution in [0.5, 0.6) is 0 Å². The summed E-state index contributed by atoms with van der Waals surface area (Å²) >= 11 is 3.43. The van der Waals surface area contributed by atoms with Crippen LogP contribution in [0.1, 0.15) is 0 Å². The van der Waals surface area contributed by atoms with Gasteiger partial charge in [0.2, 0.25) is 0 Å². The summed E-state index contributed by atoms with van der Waals surface area (Å²) in [5, 5.41) is 0. The van der Waals surface area contributed by atoms with E-state index in [0.29, 0.717) is 0 Å². The van der Waals surface area contributed by atoms with Crippen molar-refractivity contribution in [1.82, 2.24) is 14.5 Å². The molecule has 2 heterocycles. The summed E-state index contributed by atoms with van der Waals surface area (Å²) in [7, 11) is 0. The minimum atomic E-state index is 0.995. The molecule has 2 aromatic rings. The molecule has 0 radical (unpaired) electrons. The summed E-state index contributed by atoms with van der Waals surface area (Å²) in [5.41, 5.74) is 0.995. The predicted molar refractivity (Wildman–Crippen MR) is 49.1 cm³/mol. The zero-order valence-electron chi connectivity index (χ0n) is 6.18. The van der Waals surface area contributed by atoms with Gasteiger partial charge in [-0.25, -0.2) is 4.98 Å². The molecule has 60 valence electrons. The maximum absolute atomic E-state index is 4.02. The molecule has 0 N–H and O–H groups in total. The maximum Gasteiger partial charge on any atom is 0.0992 e. The fourth-order valence-electron chi connectivity index (χ4n) is 0.961. The first-order chi connectivity index (χ1) is 5.88. The number of aromatic nitrogens is 3. The van der Waals surface area contributed by atoms with Gasteiger partial charge in [0.05, 0.1) is 18.2 Å². The monoisotopic (exact) mass is 223 g/mol. The Morgan fingerprint density at radius 1 is 1.25 bits per heavy atom. The zero-order valence-corrected chi connectivity index (χ0v) is 7.77. The topological polar surface area (TPSA) is 30.7 Å². The second-order valence-electron chi connectivity index (χ2n) is 2.30. The Morgan fingerprint density at radius 3 is 2.83 bits per heavy atom. The molecule has 0 atom stereocenters. The van der Waals surface area contributed by atoms with Crippen molar-refractivity contribution in [2.75, 3.05) is 0 Å². The van der Waals surface area contributed by atoms with E-state index in [1.54, 1.807) is 24.9 Å². The fourth-order valence-corrected chi connectivity index (χ4v) is 1.39. The van der Waals surface area contributed by atoms with Crippen LogP contribution in [0.3, 0.4) is 0 Å². The van der Waals surface area contributed by atoms with Gasteiger partial charge in [-0.15, -0.1) is 0 Å². The highest BCUT2D eigenvalue weighted by Gasteiger charge is 1.99. The molecular weight excluding hydrogens is 218 g/mol. The van der Waals surface area contributed by atoms with Gasteiger partial charge in [-0.05, 0) is 22.0 Å². The summed E-state index contributed by atoms with van der Waals surface area (Å²) in [5.74, 6) is 0. The van der Waals surface area contributed by atoms with Gasteiger partial charge in [0.25, 0.3) is 0 Å². The lowest BCUT2D eigenvalue weighted by molar-refractivity contribution is 1.03. The number of nitrogens with zero attached hydrogens (tertiary/aromatic N) is 3. The molecule has 0 bridgehead atoms. The van der Waals surface area contributed by atoms with Crippen molar-refractivity contribution < 1.29 is 0 Å². The predicted octanol–water partition coefficient (Wildman–Crippen LogP) is 2.03. The van der Waals surface area contributed by atoms with Crippen LogP contribution in [-0.2, 0) is 0 Å². The largest absolute Gasteiger partial charge is 0.304 e. The van der Waals surface area contributed by atoms with Crippen LogP contribution in [-0.4, -0.2) is 14.5 Å². The van der Waals surface area contributed by atoms with Gasteiger partial charge < -0.3 is 4.57 Å². The van der Waals surface area contributed by atoms with Gasteiger partial charge in [0, 0.05) is 23.1 Å². The minimum Gasteiger partial charge on any atom is -0.304 e. The van der Waals surface area contributed by atoms with E-state index in [-0.39, 0.29) is 0 Å². The van der Waals surface area contributed by atoms with Crippen molar-refractivity contribution in [2.24, 2.45) is 0 Å². The summed E-state index contributed by atoms with van der Waals surface area (Å²) in [4.78, 5) is 7.98. The van der Waals surface area contributed by atoms with Crippen molar-refractivity contribution in [1.29, 1.82) is 0 Å². The number of halogens is 1. The molecule has 0 aliphatic rings. The SMILES string of the molecule is Brc1ccncc1-n1ccnc1. The van der Waals surface area contributed by atoms with Crippen LogP contribution in [0.15, 0.2) is 41.7 Å². The highest BCUT2D eigenvalue weighted by Crippen LogP contribution is 2.18. The average Bonchev–Trinajstić information content (AvgIpc) is 2.57. The molecule has 0 fully saturated rings. The number of pyridine rings is 1. The third kappa shape index (κ3) is 1.25. The Morgan fingerprint density at radius 2 is 2.17 bits per heavy atom. The van der Waals surface area contributed by atoms with Crippen molar-refractivity contribution >= 4 is 15.9 Å². The second-order valence-corrected chi connectivity index (χ2v) is 3.15. The van der Waals surface area contributed by atoms with E-state index < -0.39 is 0 Å². The third-order valence-electron chi connectivity index (χ3n) is 1.53. The quantitative estimate of drug-likeness (QED) is 0.741.